The van der Waals surface area contributed by atoms with Crippen molar-refractivity contribution in [2.45, 2.75) is 25.8 Å². The Balaban J connectivity index is 2.00. The van der Waals surface area contributed by atoms with E-state index in [1.807, 2.05) is 18.2 Å². The number of para-hydroxylation sites is 1. The summed E-state index contributed by atoms with van der Waals surface area (Å²) in [7, 11) is 0. The van der Waals surface area contributed by atoms with E-state index in [2.05, 4.69) is 27.4 Å². The van der Waals surface area contributed by atoms with Crippen molar-refractivity contribution in [3.63, 3.8) is 0 Å². The van der Waals surface area contributed by atoms with Gasteiger partial charge < -0.3 is 14.5 Å². The van der Waals surface area contributed by atoms with E-state index in [4.69, 9.17) is 12.2 Å². The van der Waals surface area contributed by atoms with Crippen molar-refractivity contribution in [1.82, 2.24) is 14.5 Å². The average Bonchev–Trinajstić information content (AvgIpc) is 3.04. The van der Waals surface area contributed by atoms with E-state index >= 15 is 0 Å². The molecule has 5 heteroatoms. The summed E-state index contributed by atoms with van der Waals surface area (Å²) < 4.78 is 2.85. The molecule has 4 nitrogen and oxygen atoms in total. The van der Waals surface area contributed by atoms with E-state index in [1.165, 1.54) is 25.9 Å². The minimum atomic E-state index is 0.309. The van der Waals surface area contributed by atoms with E-state index in [0.717, 1.165) is 17.6 Å². The van der Waals surface area contributed by atoms with Crippen LogP contribution >= 0.6 is 12.2 Å². The molecular weight excluding hydrogens is 268 g/mol. The highest BCUT2D eigenvalue weighted by molar-refractivity contribution is 7.71. The molecule has 1 fully saturated rings. The quantitative estimate of drug-likeness (QED) is 0.881. The van der Waals surface area contributed by atoms with Crippen LogP contribution in [-0.2, 0) is 0 Å². The molecule has 1 aromatic heterocycles. The SMILES string of the molecule is CC(CN1CCCC1)n1c(=S)[nH]c2c(C#N)cccc21. The van der Waals surface area contributed by atoms with Crippen molar-refractivity contribution in [2.24, 2.45) is 0 Å². The van der Waals surface area contributed by atoms with Gasteiger partial charge in [-0.1, -0.05) is 6.07 Å². The summed E-state index contributed by atoms with van der Waals surface area (Å²) in [6.07, 6.45) is 2.59. The predicted octanol–water partition coefficient (Wildman–Crippen LogP) is 3.23. The molecule has 0 spiro atoms. The third-order valence-corrected chi connectivity index (χ3v) is 4.33. The Labute approximate surface area is 123 Å². The molecule has 1 saturated heterocycles. The van der Waals surface area contributed by atoms with Gasteiger partial charge in [0.2, 0.25) is 0 Å². The monoisotopic (exact) mass is 286 g/mol. The molecule has 1 aliphatic heterocycles. The lowest BCUT2D eigenvalue weighted by Crippen LogP contribution is -2.27. The number of likely N-dealkylation sites (tertiary alicyclic amines) is 1. The van der Waals surface area contributed by atoms with Crippen LogP contribution in [0.4, 0.5) is 0 Å². The molecule has 0 amide bonds. The molecule has 20 heavy (non-hydrogen) atoms. The number of nitrogens with one attached hydrogen (secondary N) is 1. The van der Waals surface area contributed by atoms with Crippen molar-refractivity contribution in [3.8, 4) is 6.07 Å². The summed E-state index contributed by atoms with van der Waals surface area (Å²) in [5.74, 6) is 0. The Morgan fingerprint density at radius 2 is 2.15 bits per heavy atom. The van der Waals surface area contributed by atoms with E-state index < -0.39 is 0 Å². The zero-order valence-corrected chi connectivity index (χ0v) is 12.4. The highest BCUT2D eigenvalue weighted by Gasteiger charge is 2.18. The molecular formula is C15H18N4S. The molecule has 0 bridgehead atoms. The maximum Gasteiger partial charge on any atom is 0.178 e. The summed E-state index contributed by atoms with van der Waals surface area (Å²) >= 11 is 5.46. The first kappa shape index (κ1) is 13.3. The third-order valence-electron chi connectivity index (χ3n) is 4.04. The Morgan fingerprint density at radius 3 is 2.85 bits per heavy atom. The molecule has 0 saturated carbocycles. The van der Waals surface area contributed by atoms with Crippen molar-refractivity contribution in [3.05, 3.63) is 28.5 Å². The highest BCUT2D eigenvalue weighted by atomic mass is 32.1. The van der Waals surface area contributed by atoms with Gasteiger partial charge in [0.05, 0.1) is 16.6 Å². The number of hydrogen-bond acceptors (Lipinski definition) is 3. The fourth-order valence-corrected chi connectivity index (χ4v) is 3.48. The largest absolute Gasteiger partial charge is 0.329 e. The van der Waals surface area contributed by atoms with Crippen LogP contribution < -0.4 is 0 Å². The average molecular weight is 286 g/mol. The highest BCUT2D eigenvalue weighted by Crippen LogP contribution is 2.23. The molecule has 3 rings (SSSR count). The van der Waals surface area contributed by atoms with Gasteiger partial charge in [-0.05, 0) is 57.2 Å². The van der Waals surface area contributed by atoms with Gasteiger partial charge in [0.15, 0.2) is 4.77 Å². The van der Waals surface area contributed by atoms with Crippen LogP contribution in [0.5, 0.6) is 0 Å². The maximum atomic E-state index is 9.18. The van der Waals surface area contributed by atoms with Gasteiger partial charge in [0.1, 0.15) is 6.07 Å². The van der Waals surface area contributed by atoms with Gasteiger partial charge in [-0.3, -0.25) is 0 Å². The first-order valence-electron chi connectivity index (χ1n) is 7.06. The Kier molecular flexibility index (Phi) is 3.60. The van der Waals surface area contributed by atoms with Crippen LogP contribution in [0.15, 0.2) is 18.2 Å². The Hall–Kier alpha value is -1.64. The number of aromatic amines is 1. The predicted molar refractivity (Wildman–Crippen MR) is 82.2 cm³/mol. The number of nitriles is 1. The lowest BCUT2D eigenvalue weighted by atomic mass is 10.2. The number of nitrogens with zero attached hydrogens (tertiary/aromatic N) is 3. The molecule has 0 aliphatic carbocycles. The van der Waals surface area contributed by atoms with E-state index in [0.29, 0.717) is 16.4 Å². The molecule has 104 valence electrons. The molecule has 2 aromatic rings. The van der Waals surface area contributed by atoms with Gasteiger partial charge in [-0.25, -0.2) is 0 Å². The van der Waals surface area contributed by atoms with Crippen LogP contribution in [-0.4, -0.2) is 34.1 Å². The first-order valence-corrected chi connectivity index (χ1v) is 7.47. The molecule has 1 unspecified atom stereocenters. The smallest absolute Gasteiger partial charge is 0.178 e. The Morgan fingerprint density at radius 1 is 1.40 bits per heavy atom. The minimum Gasteiger partial charge on any atom is -0.329 e. The van der Waals surface area contributed by atoms with E-state index in [9.17, 15) is 5.26 Å². The summed E-state index contributed by atoms with van der Waals surface area (Å²) in [6, 6.07) is 8.30. The zero-order valence-electron chi connectivity index (χ0n) is 11.6. The maximum absolute atomic E-state index is 9.18. The number of fused-ring (bicyclic) bond motifs is 1. The molecule has 1 aliphatic rings. The van der Waals surface area contributed by atoms with Crippen LogP contribution in [0.3, 0.4) is 0 Å². The van der Waals surface area contributed by atoms with Gasteiger partial charge in [0, 0.05) is 12.6 Å². The summed E-state index contributed by atoms with van der Waals surface area (Å²) in [6.45, 7) is 5.57. The lowest BCUT2D eigenvalue weighted by molar-refractivity contribution is 0.289. The topological polar surface area (TPSA) is 47.8 Å². The number of aromatic nitrogens is 2. The van der Waals surface area contributed by atoms with Gasteiger partial charge in [0.25, 0.3) is 0 Å². The van der Waals surface area contributed by atoms with Gasteiger partial charge in [-0.2, -0.15) is 5.26 Å². The Bertz CT molecular complexity index is 716. The van der Waals surface area contributed by atoms with Crippen molar-refractivity contribution in [2.75, 3.05) is 19.6 Å². The first-order chi connectivity index (χ1) is 9.70. The molecule has 0 radical (unpaired) electrons. The van der Waals surface area contributed by atoms with Gasteiger partial charge >= 0.3 is 0 Å². The van der Waals surface area contributed by atoms with E-state index in [1.54, 1.807) is 0 Å². The van der Waals surface area contributed by atoms with Crippen molar-refractivity contribution >= 4 is 23.3 Å². The fourth-order valence-electron chi connectivity index (χ4n) is 3.10. The number of hydrogen-bond donors (Lipinski definition) is 1. The second-order valence-electron chi connectivity index (χ2n) is 5.47. The summed E-state index contributed by atoms with van der Waals surface area (Å²) in [5, 5.41) is 9.18. The number of H-pyrrole nitrogens is 1. The number of imidazole rings is 1. The summed E-state index contributed by atoms with van der Waals surface area (Å²) in [4.78, 5) is 5.67. The lowest BCUT2D eigenvalue weighted by Gasteiger charge is -2.21. The second-order valence-corrected chi connectivity index (χ2v) is 5.86. The van der Waals surface area contributed by atoms with Crippen LogP contribution in [0.1, 0.15) is 31.4 Å². The third kappa shape index (κ3) is 2.26. The van der Waals surface area contributed by atoms with Crippen molar-refractivity contribution < 1.29 is 0 Å². The zero-order chi connectivity index (χ0) is 14.1. The molecule has 1 N–H and O–H groups in total. The molecule has 1 aromatic carbocycles. The van der Waals surface area contributed by atoms with Crippen LogP contribution in [0.25, 0.3) is 11.0 Å². The fraction of sp³-hybridized carbons (Fsp3) is 0.467. The number of rotatable bonds is 3. The molecule has 1 atom stereocenters. The summed E-state index contributed by atoms with van der Waals surface area (Å²) in [5.41, 5.74) is 2.54. The minimum absolute atomic E-state index is 0.309. The van der Waals surface area contributed by atoms with Crippen LogP contribution in [0, 0.1) is 16.1 Å². The standard InChI is InChI=1S/C15H18N4S/c1-11(10-18-7-2-3-8-18)19-13-6-4-5-12(9-16)14(13)17-15(19)20/h4-6,11H,2-3,7-8,10H2,1H3,(H,17,20). The van der Waals surface area contributed by atoms with Crippen LogP contribution in [0.2, 0.25) is 0 Å². The van der Waals surface area contributed by atoms with Crippen molar-refractivity contribution in [1.29, 1.82) is 5.26 Å². The number of benzene rings is 1. The van der Waals surface area contributed by atoms with Gasteiger partial charge in [-0.15, -0.1) is 0 Å². The van der Waals surface area contributed by atoms with E-state index in [-0.39, 0.29) is 0 Å². The normalized spacial score (nSPS) is 17.4. The molecule has 2 heterocycles. The second kappa shape index (κ2) is 5.39.